The Labute approximate surface area is 185 Å². The first-order valence-electron chi connectivity index (χ1n) is 8.41. The van der Waals surface area contributed by atoms with E-state index in [0.717, 1.165) is 16.5 Å². The lowest BCUT2D eigenvalue weighted by molar-refractivity contribution is -0.384. The van der Waals surface area contributed by atoms with Crippen molar-refractivity contribution in [3.8, 4) is 0 Å². The Morgan fingerprint density at radius 1 is 1.23 bits per heavy atom. The number of hydrogen-bond donors (Lipinski definition) is 1. The van der Waals surface area contributed by atoms with Crippen LogP contribution in [0.2, 0.25) is 10.0 Å². The molecule has 1 aliphatic heterocycles. The van der Waals surface area contributed by atoms with Crippen LogP contribution in [0.5, 0.6) is 0 Å². The molecule has 2 aromatic carbocycles. The number of nitrogens with zero attached hydrogens (tertiary/aromatic N) is 2. The number of carbonyl (C=O) groups excluding carboxylic acids is 3. The van der Waals surface area contributed by atoms with E-state index in [2.05, 4.69) is 5.32 Å². The highest BCUT2D eigenvalue weighted by molar-refractivity contribution is 8.18. The molecule has 0 atom stereocenters. The van der Waals surface area contributed by atoms with Gasteiger partial charge >= 0.3 is 0 Å². The molecule has 11 heteroatoms. The monoisotopic (exact) mass is 465 g/mol. The van der Waals surface area contributed by atoms with Crippen molar-refractivity contribution in [3.05, 3.63) is 72.6 Å². The molecule has 8 nitrogen and oxygen atoms in total. The lowest BCUT2D eigenvalue weighted by atomic mass is 10.2. The van der Waals surface area contributed by atoms with Gasteiger partial charge in [-0.15, -0.1) is 0 Å². The van der Waals surface area contributed by atoms with Gasteiger partial charge < -0.3 is 5.32 Å². The Morgan fingerprint density at radius 3 is 2.63 bits per heavy atom. The third-order valence-corrected chi connectivity index (χ3v) is 5.56. The number of aryl methyl sites for hydroxylation is 1. The van der Waals surface area contributed by atoms with Crippen LogP contribution in [-0.2, 0) is 9.59 Å². The van der Waals surface area contributed by atoms with Gasteiger partial charge in [0.15, 0.2) is 0 Å². The van der Waals surface area contributed by atoms with Gasteiger partial charge in [0.05, 0.1) is 9.83 Å². The summed E-state index contributed by atoms with van der Waals surface area (Å²) in [6.07, 6.45) is 1.26. The summed E-state index contributed by atoms with van der Waals surface area (Å²) in [4.78, 5) is 48.2. The molecule has 2 aromatic rings. The van der Waals surface area contributed by atoms with E-state index >= 15 is 0 Å². The SMILES string of the molecule is Cc1cccc(NC(=O)CN2C(=O)S/C(=C\c3cc([N+](=O)[O-])c(Cl)cc3Cl)C2=O)c1. The fourth-order valence-corrected chi connectivity index (χ4v) is 3.98. The lowest BCUT2D eigenvalue weighted by Gasteiger charge is -2.12. The standard InChI is InChI=1S/C19H13Cl2N3O5S/c1-10-3-2-4-12(5-10)22-17(25)9-23-18(26)16(30-19(23)27)7-11-6-15(24(28)29)14(21)8-13(11)20/h2-8H,9H2,1H3,(H,22,25)/b16-7-. The molecule has 0 aromatic heterocycles. The van der Waals surface area contributed by atoms with Crippen molar-refractivity contribution in [2.75, 3.05) is 11.9 Å². The molecule has 1 heterocycles. The second-order valence-corrected chi connectivity index (χ2v) is 8.08. The predicted octanol–water partition coefficient (Wildman–Crippen LogP) is 4.89. The summed E-state index contributed by atoms with van der Waals surface area (Å²) in [5, 5.41) is 13.0. The second kappa shape index (κ2) is 8.86. The molecule has 30 heavy (non-hydrogen) atoms. The molecule has 0 radical (unpaired) electrons. The minimum absolute atomic E-state index is 0.0122. The second-order valence-electron chi connectivity index (χ2n) is 6.27. The van der Waals surface area contributed by atoms with Gasteiger partial charge in [-0.3, -0.25) is 29.4 Å². The maximum Gasteiger partial charge on any atom is 0.294 e. The number of carbonyl (C=O) groups is 3. The van der Waals surface area contributed by atoms with Crippen LogP contribution >= 0.6 is 35.0 Å². The number of benzene rings is 2. The number of nitrogens with one attached hydrogen (secondary N) is 1. The van der Waals surface area contributed by atoms with Gasteiger partial charge in [0.2, 0.25) is 5.91 Å². The highest BCUT2D eigenvalue weighted by Crippen LogP contribution is 2.36. The third kappa shape index (κ3) is 4.81. The van der Waals surface area contributed by atoms with Gasteiger partial charge in [-0.1, -0.05) is 35.3 Å². The van der Waals surface area contributed by atoms with Crippen LogP contribution in [-0.4, -0.2) is 33.4 Å². The number of nitro groups is 1. The zero-order valence-electron chi connectivity index (χ0n) is 15.3. The Hall–Kier alpha value is -2.88. The van der Waals surface area contributed by atoms with Crippen LogP contribution in [0.3, 0.4) is 0 Å². The van der Waals surface area contributed by atoms with Gasteiger partial charge in [-0.25, -0.2) is 0 Å². The number of hydrogen-bond acceptors (Lipinski definition) is 6. The number of imide groups is 1. The van der Waals surface area contributed by atoms with E-state index in [9.17, 15) is 24.5 Å². The highest BCUT2D eigenvalue weighted by Gasteiger charge is 2.36. The first-order chi connectivity index (χ1) is 14.2. The Kier molecular flexibility index (Phi) is 6.45. The largest absolute Gasteiger partial charge is 0.325 e. The first kappa shape index (κ1) is 21.8. The molecule has 0 bridgehead atoms. The fourth-order valence-electron chi connectivity index (χ4n) is 2.65. The van der Waals surface area contributed by atoms with Gasteiger partial charge in [-0.2, -0.15) is 0 Å². The molecule has 3 amide bonds. The topological polar surface area (TPSA) is 110 Å². The zero-order valence-corrected chi connectivity index (χ0v) is 17.7. The van der Waals surface area contributed by atoms with Crippen molar-refractivity contribution in [1.29, 1.82) is 0 Å². The fraction of sp³-hybridized carbons (Fsp3) is 0.105. The normalized spacial score (nSPS) is 15.0. The molecule has 0 unspecified atom stereocenters. The minimum atomic E-state index is -0.696. The number of nitro benzene ring substituents is 1. The number of halogens is 2. The summed E-state index contributed by atoms with van der Waals surface area (Å²) in [5.74, 6) is -1.23. The Bertz CT molecular complexity index is 1120. The van der Waals surface area contributed by atoms with Crippen LogP contribution in [0.4, 0.5) is 16.2 Å². The van der Waals surface area contributed by atoms with E-state index in [0.29, 0.717) is 17.4 Å². The first-order valence-corrected chi connectivity index (χ1v) is 9.98. The van der Waals surface area contributed by atoms with Crippen LogP contribution in [0, 0.1) is 17.0 Å². The van der Waals surface area contributed by atoms with Crippen molar-refractivity contribution in [3.63, 3.8) is 0 Å². The zero-order chi connectivity index (χ0) is 22.0. The van der Waals surface area contributed by atoms with Crippen LogP contribution < -0.4 is 5.32 Å². The average Bonchev–Trinajstić information content (AvgIpc) is 2.91. The molecule has 1 saturated heterocycles. The smallest absolute Gasteiger partial charge is 0.294 e. The molecular weight excluding hydrogens is 453 g/mol. The van der Waals surface area contributed by atoms with Crippen molar-refractivity contribution >= 4 is 69.5 Å². The van der Waals surface area contributed by atoms with Crippen molar-refractivity contribution in [2.24, 2.45) is 0 Å². The summed E-state index contributed by atoms with van der Waals surface area (Å²) >= 11 is 12.5. The van der Waals surface area contributed by atoms with Gasteiger partial charge in [0.1, 0.15) is 11.6 Å². The predicted molar refractivity (Wildman–Crippen MR) is 116 cm³/mol. The maximum absolute atomic E-state index is 12.6. The van der Waals surface area contributed by atoms with E-state index in [1.165, 1.54) is 12.1 Å². The van der Waals surface area contributed by atoms with Crippen LogP contribution in [0.15, 0.2) is 41.3 Å². The van der Waals surface area contributed by atoms with E-state index in [1.807, 2.05) is 13.0 Å². The van der Waals surface area contributed by atoms with Crippen LogP contribution in [0.1, 0.15) is 11.1 Å². The molecule has 3 rings (SSSR count). The quantitative estimate of drug-likeness (QED) is 0.382. The van der Waals surface area contributed by atoms with Gasteiger partial charge in [0.25, 0.3) is 16.8 Å². The molecular formula is C19H13Cl2N3O5S. The number of anilines is 1. The lowest BCUT2D eigenvalue weighted by Crippen LogP contribution is -2.36. The van der Waals surface area contributed by atoms with Crippen molar-refractivity contribution < 1.29 is 19.3 Å². The summed E-state index contributed by atoms with van der Waals surface area (Å²) in [6, 6.07) is 9.37. The number of amides is 3. The maximum atomic E-state index is 12.6. The minimum Gasteiger partial charge on any atom is -0.325 e. The van der Waals surface area contributed by atoms with Gasteiger partial charge in [-0.05, 0) is 48.5 Å². The molecule has 1 aliphatic rings. The Balaban J connectivity index is 1.78. The highest BCUT2D eigenvalue weighted by atomic mass is 35.5. The Morgan fingerprint density at radius 2 is 1.97 bits per heavy atom. The van der Waals surface area contributed by atoms with Crippen molar-refractivity contribution in [1.82, 2.24) is 4.90 Å². The van der Waals surface area contributed by atoms with Crippen LogP contribution in [0.25, 0.3) is 6.08 Å². The average molecular weight is 466 g/mol. The molecule has 0 saturated carbocycles. The molecule has 0 aliphatic carbocycles. The molecule has 154 valence electrons. The van der Waals surface area contributed by atoms with E-state index < -0.39 is 28.5 Å². The number of rotatable bonds is 5. The summed E-state index contributed by atoms with van der Waals surface area (Å²) in [7, 11) is 0. The summed E-state index contributed by atoms with van der Waals surface area (Å²) < 4.78 is 0. The van der Waals surface area contributed by atoms with E-state index in [4.69, 9.17) is 23.2 Å². The summed E-state index contributed by atoms with van der Waals surface area (Å²) in [5.41, 5.74) is 1.25. The number of thioether (sulfide) groups is 1. The summed E-state index contributed by atoms with van der Waals surface area (Å²) in [6.45, 7) is 1.40. The third-order valence-electron chi connectivity index (χ3n) is 4.03. The van der Waals surface area contributed by atoms with Crippen molar-refractivity contribution in [2.45, 2.75) is 6.92 Å². The molecule has 0 spiro atoms. The van der Waals surface area contributed by atoms with E-state index in [-0.39, 0.29) is 26.2 Å². The molecule has 1 fully saturated rings. The van der Waals surface area contributed by atoms with Gasteiger partial charge in [0, 0.05) is 22.3 Å². The molecule has 1 N–H and O–H groups in total. The van der Waals surface area contributed by atoms with E-state index in [1.54, 1.807) is 18.2 Å².